The van der Waals surface area contributed by atoms with E-state index >= 15 is 8.78 Å². The Morgan fingerprint density at radius 1 is 0.300 bits per heavy atom. The fourth-order valence-corrected chi connectivity index (χ4v) is 4.08. The molecule has 4 aromatic carbocycles. The third-order valence-electron chi connectivity index (χ3n) is 5.72. The molecule has 0 bridgehead atoms. The molecule has 0 nitrogen and oxygen atoms in total. The van der Waals surface area contributed by atoms with Crippen LogP contribution in [-0.4, -0.2) is 6.71 Å². The average molecular weight is 588 g/mol. The Morgan fingerprint density at radius 3 is 0.925 bits per heavy atom. The first-order valence-corrected chi connectivity index (χ1v) is 10.3. The molecule has 0 saturated carbocycles. The van der Waals surface area contributed by atoms with E-state index in [2.05, 4.69) is 0 Å². The van der Waals surface area contributed by atoms with Crippen LogP contribution in [0, 0.1) is 87.3 Å². The molecule has 4 rings (SSSR count). The number of halogens is 15. The smallest absolute Gasteiger partial charge is 0.207 e. The van der Waals surface area contributed by atoms with Gasteiger partial charge in [-0.05, 0) is 5.46 Å². The van der Waals surface area contributed by atoms with Gasteiger partial charge in [0.1, 0.15) is 34.9 Å². The van der Waals surface area contributed by atoms with Crippen molar-refractivity contribution in [2.45, 2.75) is 0 Å². The van der Waals surface area contributed by atoms with Crippen molar-refractivity contribution in [3.8, 4) is 11.1 Å². The minimum absolute atomic E-state index is 0.211. The maximum absolute atomic E-state index is 15.3. The second-order valence-electron chi connectivity index (χ2n) is 7.99. The summed E-state index contributed by atoms with van der Waals surface area (Å²) in [5.74, 6) is -38.5. The minimum Gasteiger partial charge on any atom is -0.207 e. The van der Waals surface area contributed by atoms with Gasteiger partial charge in [-0.15, -0.1) is 0 Å². The number of hydrogen-bond donors (Lipinski definition) is 0. The first kappa shape index (κ1) is 28.9. The molecule has 0 N–H and O–H groups in total. The maximum Gasteiger partial charge on any atom is 0.261 e. The summed E-state index contributed by atoms with van der Waals surface area (Å²) in [6.07, 6.45) is 0. The van der Waals surface area contributed by atoms with Crippen LogP contribution in [0.15, 0.2) is 24.3 Å². The number of hydrogen-bond acceptors (Lipinski definition) is 0. The van der Waals surface area contributed by atoms with E-state index in [0.29, 0.717) is 0 Å². The zero-order valence-corrected chi connectivity index (χ0v) is 18.6. The fraction of sp³-hybridized carbons (Fsp3) is 0. The SMILES string of the molecule is Fc1cc(F)c(B(c2c(F)cc(F)cc2F)c2c(F)c(F)c(F)c(F)c2-c2c(F)c(F)c(F)c(F)c2F)c(F)c1. The summed E-state index contributed by atoms with van der Waals surface area (Å²) >= 11 is 0. The van der Waals surface area contributed by atoms with Crippen molar-refractivity contribution in [2.75, 3.05) is 0 Å². The maximum atomic E-state index is 15.3. The molecule has 0 radical (unpaired) electrons. The van der Waals surface area contributed by atoms with Gasteiger partial charge in [-0.2, -0.15) is 0 Å². The predicted octanol–water partition coefficient (Wildman–Crippen LogP) is 5.96. The first-order valence-electron chi connectivity index (χ1n) is 10.3. The second-order valence-corrected chi connectivity index (χ2v) is 7.99. The van der Waals surface area contributed by atoms with Gasteiger partial charge >= 0.3 is 0 Å². The van der Waals surface area contributed by atoms with E-state index in [1.165, 1.54) is 0 Å². The molecule has 208 valence electrons. The summed E-state index contributed by atoms with van der Waals surface area (Å²) in [4.78, 5) is 0. The van der Waals surface area contributed by atoms with Crippen molar-refractivity contribution >= 4 is 23.1 Å². The zero-order valence-electron chi connectivity index (χ0n) is 18.6. The zero-order chi connectivity index (χ0) is 30.0. The van der Waals surface area contributed by atoms with Gasteiger partial charge in [-0.3, -0.25) is 0 Å². The Kier molecular flexibility index (Phi) is 7.32. The van der Waals surface area contributed by atoms with E-state index in [4.69, 9.17) is 0 Å². The molecule has 0 aliphatic carbocycles. The molecule has 0 aromatic heterocycles. The van der Waals surface area contributed by atoms with E-state index in [1.54, 1.807) is 0 Å². The van der Waals surface area contributed by atoms with Crippen LogP contribution >= 0.6 is 0 Å². The van der Waals surface area contributed by atoms with Crippen LogP contribution in [0.25, 0.3) is 11.1 Å². The molecule has 16 heteroatoms. The highest BCUT2D eigenvalue weighted by Crippen LogP contribution is 2.35. The molecule has 0 saturated heterocycles. The molecule has 0 unspecified atom stereocenters. The highest BCUT2D eigenvalue weighted by molar-refractivity contribution is 6.96. The van der Waals surface area contributed by atoms with Gasteiger partial charge < -0.3 is 0 Å². The average Bonchev–Trinajstić information content (AvgIpc) is 2.86. The Labute approximate surface area is 212 Å². The molecule has 40 heavy (non-hydrogen) atoms. The highest BCUT2D eigenvalue weighted by atomic mass is 19.2. The molecule has 0 fully saturated rings. The second kappa shape index (κ2) is 10.1. The summed E-state index contributed by atoms with van der Waals surface area (Å²) < 4.78 is 217. The summed E-state index contributed by atoms with van der Waals surface area (Å²) in [5, 5.41) is 0. The summed E-state index contributed by atoms with van der Waals surface area (Å²) in [7, 11) is 0. The monoisotopic (exact) mass is 588 g/mol. The van der Waals surface area contributed by atoms with Crippen LogP contribution in [0.5, 0.6) is 0 Å². The summed E-state index contributed by atoms with van der Waals surface area (Å²) in [6, 6.07) is -0.845. The van der Waals surface area contributed by atoms with Crippen molar-refractivity contribution in [2.24, 2.45) is 0 Å². The van der Waals surface area contributed by atoms with Crippen LogP contribution in [0.1, 0.15) is 0 Å². The van der Waals surface area contributed by atoms with Crippen molar-refractivity contribution in [3.63, 3.8) is 0 Å². The van der Waals surface area contributed by atoms with Gasteiger partial charge in [0.2, 0.25) is 5.82 Å². The third-order valence-corrected chi connectivity index (χ3v) is 5.72. The summed E-state index contributed by atoms with van der Waals surface area (Å²) in [5.41, 5.74) is -11.1. The lowest BCUT2D eigenvalue weighted by Crippen LogP contribution is -2.59. The highest BCUT2D eigenvalue weighted by Gasteiger charge is 2.43. The number of rotatable bonds is 4. The van der Waals surface area contributed by atoms with Crippen LogP contribution in [0.2, 0.25) is 0 Å². The lowest BCUT2D eigenvalue weighted by atomic mass is 9.35. The van der Waals surface area contributed by atoms with Crippen molar-refractivity contribution < 1.29 is 65.9 Å². The minimum atomic E-state index is -3.38. The molecule has 0 spiro atoms. The molecular weight excluding hydrogens is 584 g/mol. The van der Waals surface area contributed by atoms with Crippen molar-refractivity contribution in [1.82, 2.24) is 0 Å². The molecule has 4 aromatic rings. The van der Waals surface area contributed by atoms with E-state index in [0.717, 1.165) is 0 Å². The quantitative estimate of drug-likeness (QED) is 0.120. The van der Waals surface area contributed by atoms with Gasteiger partial charge in [0.25, 0.3) is 6.71 Å². The Balaban J connectivity index is 2.34. The van der Waals surface area contributed by atoms with Crippen molar-refractivity contribution in [1.29, 1.82) is 0 Å². The largest absolute Gasteiger partial charge is 0.261 e. The van der Waals surface area contributed by atoms with E-state index in [-0.39, 0.29) is 24.3 Å². The first-order chi connectivity index (χ1) is 18.6. The van der Waals surface area contributed by atoms with E-state index in [9.17, 15) is 57.1 Å². The Morgan fingerprint density at radius 2 is 0.575 bits per heavy atom. The molecule has 0 heterocycles. The number of benzene rings is 4. The van der Waals surface area contributed by atoms with Crippen LogP contribution in [-0.2, 0) is 0 Å². The predicted molar refractivity (Wildman–Crippen MR) is 109 cm³/mol. The van der Waals surface area contributed by atoms with Crippen LogP contribution < -0.4 is 16.4 Å². The van der Waals surface area contributed by atoms with Crippen molar-refractivity contribution in [3.05, 3.63) is 112 Å². The molecule has 0 aliphatic heterocycles. The Hall–Kier alpha value is -4.11. The normalized spacial score (nSPS) is 11.4. The van der Waals surface area contributed by atoms with Gasteiger partial charge in [0.05, 0.1) is 5.56 Å². The Bertz CT molecular complexity index is 1580. The lowest BCUT2D eigenvalue weighted by molar-refractivity contribution is 0.379. The summed E-state index contributed by atoms with van der Waals surface area (Å²) in [6.45, 7) is -3.38. The van der Waals surface area contributed by atoms with Gasteiger partial charge in [-0.25, -0.2) is 65.9 Å². The third kappa shape index (κ3) is 4.34. The van der Waals surface area contributed by atoms with Gasteiger partial charge in [0.15, 0.2) is 46.5 Å². The molecule has 0 amide bonds. The molecule has 0 aliphatic rings. The van der Waals surface area contributed by atoms with Crippen LogP contribution in [0.4, 0.5) is 65.9 Å². The van der Waals surface area contributed by atoms with E-state index < -0.39 is 121 Å². The topological polar surface area (TPSA) is 0 Å². The van der Waals surface area contributed by atoms with Gasteiger partial charge in [-0.1, -0.05) is 0 Å². The van der Waals surface area contributed by atoms with E-state index in [1.807, 2.05) is 0 Å². The standard InChI is InChI=1S/C24H4BF15/c26-5-1-7(28)13(8(29)2-5)25(14-9(30)3-6(27)4-10(14)31)15-11(16(32)20(36)23(39)19(15)35)12-17(33)21(37)24(40)22(38)18(12)34/h1-4H. The lowest BCUT2D eigenvalue weighted by Gasteiger charge is -2.23. The molecule has 0 atom stereocenters. The molecular formula is C24H4BF15. The van der Waals surface area contributed by atoms with Gasteiger partial charge in [0, 0.05) is 40.8 Å². The fourth-order valence-electron chi connectivity index (χ4n) is 4.08. The van der Waals surface area contributed by atoms with Crippen LogP contribution in [0.3, 0.4) is 0 Å².